The molecule has 4 rings (SSSR count). The molecule has 0 saturated heterocycles. The number of aryl methyl sites for hydroxylation is 1. The van der Waals surface area contributed by atoms with Gasteiger partial charge in [-0.05, 0) is 79.5 Å². The third-order valence-corrected chi connectivity index (χ3v) is 8.08. The van der Waals surface area contributed by atoms with Crippen molar-refractivity contribution in [2.24, 2.45) is 11.3 Å². The fourth-order valence-corrected chi connectivity index (χ4v) is 6.03. The molecule has 2 aliphatic carbocycles. The highest BCUT2D eigenvalue weighted by Crippen LogP contribution is 2.43. The van der Waals surface area contributed by atoms with E-state index in [1.807, 2.05) is 24.3 Å². The number of rotatable bonds is 9. The first-order valence-corrected chi connectivity index (χ1v) is 12.9. The third-order valence-electron chi connectivity index (χ3n) is 8.08. The Morgan fingerprint density at radius 1 is 1.00 bits per heavy atom. The van der Waals surface area contributed by atoms with Gasteiger partial charge in [-0.1, -0.05) is 80.4 Å². The average Bonchev–Trinajstić information content (AvgIpc) is 2.86. The van der Waals surface area contributed by atoms with Gasteiger partial charge >= 0.3 is 0 Å². The van der Waals surface area contributed by atoms with Crippen LogP contribution in [-0.4, -0.2) is 6.17 Å². The molecule has 0 nitrogen and oxygen atoms in total. The van der Waals surface area contributed by atoms with Crippen molar-refractivity contribution in [3.8, 4) is 0 Å². The molecule has 2 atom stereocenters. The molecule has 2 heteroatoms. The molecule has 176 valence electrons. The van der Waals surface area contributed by atoms with E-state index in [2.05, 4.69) is 37.8 Å². The van der Waals surface area contributed by atoms with Crippen molar-refractivity contribution < 1.29 is 8.78 Å². The Hall–Kier alpha value is -2.22. The highest BCUT2D eigenvalue weighted by Gasteiger charge is 2.41. The van der Waals surface area contributed by atoms with E-state index in [0.717, 1.165) is 17.6 Å². The first kappa shape index (κ1) is 23.9. The molecule has 0 N–H and O–H groups in total. The lowest BCUT2D eigenvalue weighted by Gasteiger charge is -2.35. The van der Waals surface area contributed by atoms with Gasteiger partial charge in [0.25, 0.3) is 0 Å². The summed E-state index contributed by atoms with van der Waals surface area (Å²) < 4.78 is 30.6. The number of hydrogen-bond acceptors (Lipinski definition) is 0. The number of fused-ring (bicyclic) bond motifs is 1. The summed E-state index contributed by atoms with van der Waals surface area (Å²) in [6, 6.07) is 16.2. The summed E-state index contributed by atoms with van der Waals surface area (Å²) in [5.74, 6) is 0.972. The molecule has 0 spiro atoms. The topological polar surface area (TPSA) is 0 Å². The normalized spacial score (nSPS) is 27.0. The maximum absolute atomic E-state index is 15.5. The maximum Gasteiger partial charge on any atom is 0.161 e. The lowest BCUT2D eigenvalue weighted by molar-refractivity contribution is 0.180. The van der Waals surface area contributed by atoms with Gasteiger partial charge in [-0.3, -0.25) is 0 Å². The zero-order valence-electron chi connectivity index (χ0n) is 20.0. The number of allylic oxidation sites excluding steroid dienone is 1. The summed E-state index contributed by atoms with van der Waals surface area (Å²) in [6.45, 7) is 6.10. The second-order valence-corrected chi connectivity index (χ2v) is 10.3. The van der Waals surface area contributed by atoms with Crippen LogP contribution in [0.25, 0.3) is 11.9 Å². The van der Waals surface area contributed by atoms with Gasteiger partial charge in [-0.25, -0.2) is 8.78 Å². The molecule has 0 aliphatic heterocycles. The molecule has 2 aromatic rings. The van der Waals surface area contributed by atoms with E-state index in [-0.39, 0.29) is 0 Å². The van der Waals surface area contributed by atoms with E-state index in [9.17, 15) is 0 Å². The minimum Gasteiger partial charge on any atom is -0.239 e. The lowest BCUT2D eigenvalue weighted by Crippen LogP contribution is -2.43. The SMILES string of the molecule is C=CCCC1(CCc2ccc(C3CCC(CCC)CC3)cc2)C=c2ccccc2=C(F)C1F. The van der Waals surface area contributed by atoms with Gasteiger partial charge in [0.15, 0.2) is 6.17 Å². The average molecular weight is 449 g/mol. The molecule has 0 bridgehead atoms. The van der Waals surface area contributed by atoms with Crippen LogP contribution in [0.1, 0.15) is 81.8 Å². The van der Waals surface area contributed by atoms with E-state index < -0.39 is 17.4 Å². The van der Waals surface area contributed by atoms with Gasteiger partial charge in [0.05, 0.1) is 0 Å². The minimum absolute atomic E-state index is 0.400. The molecule has 0 amide bonds. The molecule has 2 aromatic carbocycles. The lowest BCUT2D eigenvalue weighted by atomic mass is 9.71. The Kier molecular flexibility index (Phi) is 7.83. The quantitative estimate of drug-likeness (QED) is 0.347. The summed E-state index contributed by atoms with van der Waals surface area (Å²) in [5.41, 5.74) is 1.82. The van der Waals surface area contributed by atoms with E-state index in [1.165, 1.54) is 49.7 Å². The van der Waals surface area contributed by atoms with Gasteiger partial charge < -0.3 is 0 Å². The second-order valence-electron chi connectivity index (χ2n) is 10.3. The second kappa shape index (κ2) is 10.8. The zero-order chi connectivity index (χ0) is 23.3. The predicted octanol–water partition coefficient (Wildman–Crippen LogP) is 7.56. The Morgan fingerprint density at radius 2 is 1.73 bits per heavy atom. The minimum atomic E-state index is -1.61. The number of hydrogen-bond donors (Lipinski definition) is 0. The first-order valence-electron chi connectivity index (χ1n) is 12.9. The van der Waals surface area contributed by atoms with Crippen molar-refractivity contribution in [2.45, 2.75) is 83.2 Å². The number of alkyl halides is 1. The van der Waals surface area contributed by atoms with E-state index in [4.69, 9.17) is 0 Å². The monoisotopic (exact) mass is 448 g/mol. The molecule has 2 unspecified atom stereocenters. The van der Waals surface area contributed by atoms with E-state index in [0.29, 0.717) is 30.4 Å². The highest BCUT2D eigenvalue weighted by molar-refractivity contribution is 5.55. The molecule has 1 fully saturated rings. The molecule has 0 aromatic heterocycles. The summed E-state index contributed by atoms with van der Waals surface area (Å²) in [4.78, 5) is 0. The molecule has 1 saturated carbocycles. The largest absolute Gasteiger partial charge is 0.239 e. The summed E-state index contributed by atoms with van der Waals surface area (Å²) >= 11 is 0. The van der Waals surface area contributed by atoms with Crippen molar-refractivity contribution in [1.82, 2.24) is 0 Å². The molecule has 0 radical (unpaired) electrons. The first-order chi connectivity index (χ1) is 16.1. The van der Waals surface area contributed by atoms with Crippen molar-refractivity contribution in [3.63, 3.8) is 0 Å². The van der Waals surface area contributed by atoms with Crippen molar-refractivity contribution in [3.05, 3.63) is 82.8 Å². The fraction of sp³-hybridized carbons (Fsp3) is 0.484. The Morgan fingerprint density at radius 3 is 2.42 bits per heavy atom. The zero-order valence-corrected chi connectivity index (χ0v) is 20.0. The predicted molar refractivity (Wildman–Crippen MR) is 136 cm³/mol. The molecular weight excluding hydrogens is 410 g/mol. The number of halogens is 2. The van der Waals surface area contributed by atoms with Crippen molar-refractivity contribution in [2.75, 3.05) is 0 Å². The van der Waals surface area contributed by atoms with Gasteiger partial charge in [0, 0.05) is 10.6 Å². The molecule has 33 heavy (non-hydrogen) atoms. The van der Waals surface area contributed by atoms with Crippen LogP contribution in [0, 0.1) is 11.3 Å². The Balaban J connectivity index is 1.47. The fourth-order valence-electron chi connectivity index (χ4n) is 6.03. The van der Waals surface area contributed by atoms with Gasteiger partial charge in [0.1, 0.15) is 5.83 Å². The van der Waals surface area contributed by atoms with Crippen LogP contribution in [0.2, 0.25) is 0 Å². The molecule has 2 aliphatic rings. The Labute approximate surface area is 198 Å². The maximum atomic E-state index is 15.5. The van der Waals surface area contributed by atoms with Gasteiger partial charge in [-0.2, -0.15) is 0 Å². The van der Waals surface area contributed by atoms with Crippen LogP contribution in [0.4, 0.5) is 8.78 Å². The summed E-state index contributed by atoms with van der Waals surface area (Å²) in [7, 11) is 0. The van der Waals surface area contributed by atoms with Gasteiger partial charge in [0.2, 0.25) is 0 Å². The van der Waals surface area contributed by atoms with Crippen molar-refractivity contribution >= 4 is 11.9 Å². The number of benzene rings is 2. The van der Waals surface area contributed by atoms with Crippen LogP contribution in [-0.2, 0) is 6.42 Å². The summed E-state index contributed by atoms with van der Waals surface area (Å²) in [6.07, 6.45) is 12.7. The van der Waals surface area contributed by atoms with Gasteiger partial charge in [-0.15, -0.1) is 6.58 Å². The smallest absolute Gasteiger partial charge is 0.161 e. The highest BCUT2D eigenvalue weighted by atomic mass is 19.2. The van der Waals surface area contributed by atoms with E-state index >= 15 is 8.78 Å². The Bertz CT molecular complexity index is 1040. The third kappa shape index (κ3) is 5.31. The van der Waals surface area contributed by atoms with Crippen LogP contribution in [0.15, 0.2) is 61.2 Å². The standard InChI is InChI=1S/C31H38F2/c1-3-5-20-31(22-27-9-6-7-10-28(27)29(32)30(31)33)21-19-24-13-17-26(18-14-24)25-15-11-23(8-4-2)12-16-25/h3,6-7,9-10,13-14,17-18,22-23,25,30H,1,4-5,8,11-12,15-16,19-21H2,2H3. The van der Waals surface area contributed by atoms with Crippen molar-refractivity contribution in [1.29, 1.82) is 0 Å². The van der Waals surface area contributed by atoms with E-state index in [1.54, 1.807) is 12.1 Å². The molecule has 0 heterocycles. The van der Waals surface area contributed by atoms with Crippen LogP contribution in [0.3, 0.4) is 0 Å². The summed E-state index contributed by atoms with van der Waals surface area (Å²) in [5, 5.41) is 1.21. The van der Waals surface area contributed by atoms with Crippen LogP contribution < -0.4 is 10.4 Å². The van der Waals surface area contributed by atoms with Crippen LogP contribution in [0.5, 0.6) is 0 Å². The van der Waals surface area contributed by atoms with Crippen LogP contribution >= 0.6 is 0 Å². The molecular formula is C31H38F2.